The second kappa shape index (κ2) is 15.9. The number of guanidine groups is 1. The zero-order valence-electron chi connectivity index (χ0n) is 25.6. The molecule has 3 aliphatic rings. The summed E-state index contributed by atoms with van der Waals surface area (Å²) in [5, 5.41) is 12.1. The van der Waals surface area contributed by atoms with Crippen LogP contribution in [0.2, 0.25) is 0 Å². The Kier molecular flexibility index (Phi) is 14.1. The Morgan fingerprint density at radius 2 is 1.85 bits per heavy atom. The van der Waals surface area contributed by atoms with Gasteiger partial charge in [-0.3, -0.25) is 15.8 Å². The molecular formula is C28H50FN7O2S. The molecular weight excluding hydrogens is 517 g/mol. The molecule has 0 radical (unpaired) electrons. The van der Waals surface area contributed by atoms with Crippen LogP contribution < -0.4 is 10.7 Å². The number of hydrogen-bond acceptors (Lipinski definition) is 8. The molecule has 1 amide bonds. The van der Waals surface area contributed by atoms with Crippen molar-refractivity contribution in [3.05, 3.63) is 24.0 Å². The van der Waals surface area contributed by atoms with Gasteiger partial charge in [0, 0.05) is 24.0 Å². The van der Waals surface area contributed by atoms with Gasteiger partial charge in [-0.15, -0.1) is 0 Å². The lowest BCUT2D eigenvalue weighted by Gasteiger charge is -2.45. The summed E-state index contributed by atoms with van der Waals surface area (Å²) in [4.78, 5) is 19.5. The Labute approximate surface area is 239 Å². The number of anilines is 1. The quantitative estimate of drug-likeness (QED) is 0.205. The molecule has 9 nitrogen and oxygen atoms in total. The zero-order valence-corrected chi connectivity index (χ0v) is 26.4. The van der Waals surface area contributed by atoms with Crippen molar-refractivity contribution in [3.8, 4) is 0 Å². The van der Waals surface area contributed by atoms with E-state index >= 15 is 0 Å². The number of carbonyl (C=O) groups excluding carboxylic acids is 1. The Hall–Kier alpha value is -2.53. The van der Waals surface area contributed by atoms with E-state index in [4.69, 9.17) is 10.1 Å². The summed E-state index contributed by atoms with van der Waals surface area (Å²) >= 11 is 1.51. The normalized spacial score (nSPS) is 21.5. The number of halogens is 1. The second-order valence-corrected chi connectivity index (χ2v) is 11.0. The smallest absolute Gasteiger partial charge is 0.410 e. The molecule has 0 spiro atoms. The Morgan fingerprint density at radius 1 is 1.21 bits per heavy atom. The van der Waals surface area contributed by atoms with Gasteiger partial charge in [-0.1, -0.05) is 55.4 Å². The predicted octanol–water partition coefficient (Wildman–Crippen LogP) is 6.78. The highest BCUT2D eigenvalue weighted by atomic mass is 32.2. The summed E-state index contributed by atoms with van der Waals surface area (Å²) < 4.78 is 22.5. The number of rotatable bonds is 5. The molecule has 3 unspecified atom stereocenters. The van der Waals surface area contributed by atoms with Crippen molar-refractivity contribution >= 4 is 36.0 Å². The summed E-state index contributed by atoms with van der Waals surface area (Å²) in [5.74, 6) is 0.234. The molecule has 2 saturated heterocycles. The molecule has 0 aliphatic carbocycles. The maximum absolute atomic E-state index is 14.8. The third kappa shape index (κ3) is 8.99. The van der Waals surface area contributed by atoms with Crippen LogP contribution in [-0.2, 0) is 4.74 Å². The molecule has 222 valence electrons. The molecule has 0 aromatic heterocycles. The molecule has 3 N–H and O–H groups in total. The first-order valence-electron chi connectivity index (χ1n) is 14.2. The van der Waals surface area contributed by atoms with Crippen LogP contribution in [0.4, 0.5) is 14.9 Å². The average Bonchev–Trinajstić information content (AvgIpc) is 3.47. The first-order chi connectivity index (χ1) is 18.6. The molecule has 0 bridgehead atoms. The molecule has 1 aromatic rings. The lowest BCUT2D eigenvalue weighted by atomic mass is 10.0. The van der Waals surface area contributed by atoms with Crippen LogP contribution in [0.25, 0.3) is 0 Å². The van der Waals surface area contributed by atoms with Crippen LogP contribution in [0.5, 0.6) is 0 Å². The number of hydrazine groups is 1. The van der Waals surface area contributed by atoms with Crippen molar-refractivity contribution in [2.75, 3.05) is 18.4 Å². The van der Waals surface area contributed by atoms with E-state index in [-0.39, 0.29) is 36.1 Å². The molecule has 3 aliphatic heterocycles. The number of aliphatic imine (C=N–C) groups is 1. The van der Waals surface area contributed by atoms with Crippen molar-refractivity contribution < 1.29 is 13.9 Å². The van der Waals surface area contributed by atoms with Gasteiger partial charge in [0.15, 0.2) is 0 Å². The maximum Gasteiger partial charge on any atom is 0.410 e. The average molecular weight is 568 g/mol. The second-order valence-electron chi connectivity index (χ2n) is 9.84. The largest absolute Gasteiger partial charge is 0.444 e. The summed E-state index contributed by atoms with van der Waals surface area (Å²) in [6, 6.07) is 5.47. The van der Waals surface area contributed by atoms with Crippen molar-refractivity contribution in [1.29, 1.82) is 5.41 Å². The Balaban J connectivity index is 0.00000119. The summed E-state index contributed by atoms with van der Waals surface area (Å²) in [6.45, 7) is 23.0. The highest BCUT2D eigenvalue weighted by molar-refractivity contribution is 7.97. The van der Waals surface area contributed by atoms with Gasteiger partial charge >= 0.3 is 6.09 Å². The van der Waals surface area contributed by atoms with Crippen molar-refractivity contribution in [2.24, 2.45) is 10.9 Å². The standard InChI is InChI=1S/C22H32FN7O2S.3C2H6/c1-13(2)19-26-20(27-29(19)12-24)25-16-7-6-14(10-15(16)23)33-30-11-18-17(30)8-9-28(18)21(31)32-22(3,4)5;3*1-2/h6-7,10,12-13,17-19,24H,8-9,11H2,1-5H3,(H2,25,26,27);3*1-2H3. The molecule has 1 aromatic carbocycles. The first kappa shape index (κ1) is 34.5. The molecule has 0 saturated carbocycles. The van der Waals surface area contributed by atoms with E-state index in [0.717, 1.165) is 17.9 Å². The number of hydrogen-bond donors (Lipinski definition) is 3. The third-order valence-electron chi connectivity index (χ3n) is 5.81. The van der Waals surface area contributed by atoms with Crippen molar-refractivity contribution in [3.63, 3.8) is 0 Å². The van der Waals surface area contributed by atoms with Gasteiger partial charge in [0.1, 0.15) is 23.9 Å². The molecule has 39 heavy (non-hydrogen) atoms. The van der Waals surface area contributed by atoms with Gasteiger partial charge in [-0.05, 0) is 63.3 Å². The van der Waals surface area contributed by atoms with Crippen LogP contribution in [0.1, 0.15) is 82.6 Å². The van der Waals surface area contributed by atoms with Crippen LogP contribution in [0.3, 0.4) is 0 Å². The van der Waals surface area contributed by atoms with E-state index in [1.54, 1.807) is 11.1 Å². The Bertz CT molecular complexity index is 954. The highest BCUT2D eigenvalue weighted by Crippen LogP contribution is 2.41. The highest BCUT2D eigenvalue weighted by Gasteiger charge is 2.50. The number of fused-ring (bicyclic) bond motifs is 1. The van der Waals surface area contributed by atoms with Crippen LogP contribution in [0, 0.1) is 17.1 Å². The summed E-state index contributed by atoms with van der Waals surface area (Å²) in [5.41, 5.74) is 2.78. The zero-order chi connectivity index (χ0) is 29.9. The van der Waals surface area contributed by atoms with E-state index in [1.165, 1.54) is 24.4 Å². The fourth-order valence-electron chi connectivity index (χ4n) is 4.20. The lowest BCUT2D eigenvalue weighted by molar-refractivity contribution is 0.00926. The van der Waals surface area contributed by atoms with E-state index in [9.17, 15) is 9.18 Å². The van der Waals surface area contributed by atoms with E-state index in [1.807, 2.05) is 87.1 Å². The van der Waals surface area contributed by atoms with Crippen LogP contribution in [-0.4, -0.2) is 69.5 Å². The van der Waals surface area contributed by atoms with Gasteiger partial charge in [0.25, 0.3) is 0 Å². The van der Waals surface area contributed by atoms with Gasteiger partial charge in [-0.2, -0.15) is 0 Å². The number of nitrogens with zero attached hydrogens (tertiary/aromatic N) is 4. The molecule has 2 fully saturated rings. The predicted molar refractivity (Wildman–Crippen MR) is 162 cm³/mol. The fraction of sp³-hybridized carbons (Fsp3) is 0.679. The van der Waals surface area contributed by atoms with Crippen LogP contribution >= 0.6 is 11.9 Å². The number of amides is 1. The van der Waals surface area contributed by atoms with Gasteiger partial charge < -0.3 is 15.0 Å². The molecule has 3 atom stereocenters. The van der Waals surface area contributed by atoms with Crippen molar-refractivity contribution in [1.82, 2.24) is 19.6 Å². The summed E-state index contributed by atoms with van der Waals surface area (Å²) in [6.07, 6.45) is 1.58. The minimum absolute atomic E-state index is 0.148. The SMILES string of the molecule is CC.CC.CC.CC(C)C1N=C(Nc2ccc(SN3CC4C3CCN4C(=O)OC(C)(C)C)cc2F)NN1C=N. The van der Waals surface area contributed by atoms with E-state index in [0.29, 0.717) is 18.2 Å². The minimum atomic E-state index is -0.506. The number of ether oxygens (including phenoxy) is 1. The van der Waals surface area contributed by atoms with Gasteiger partial charge in [0.2, 0.25) is 5.96 Å². The maximum atomic E-state index is 14.8. The first-order valence-corrected chi connectivity index (χ1v) is 15.0. The number of benzene rings is 1. The number of carbonyl (C=O) groups is 1. The number of nitrogens with one attached hydrogen (secondary N) is 3. The topological polar surface area (TPSA) is 96.3 Å². The van der Waals surface area contributed by atoms with Crippen molar-refractivity contribution in [2.45, 2.75) is 111 Å². The molecule has 11 heteroatoms. The minimum Gasteiger partial charge on any atom is -0.444 e. The summed E-state index contributed by atoms with van der Waals surface area (Å²) in [7, 11) is 0. The number of likely N-dealkylation sites (tertiary alicyclic amines) is 1. The van der Waals surface area contributed by atoms with E-state index < -0.39 is 5.60 Å². The van der Waals surface area contributed by atoms with Gasteiger partial charge in [0.05, 0.1) is 11.7 Å². The van der Waals surface area contributed by atoms with E-state index in [2.05, 4.69) is 20.0 Å². The molecule has 3 heterocycles. The fourth-order valence-corrected chi connectivity index (χ4v) is 5.36. The Morgan fingerprint density at radius 3 is 2.36 bits per heavy atom. The lowest BCUT2D eigenvalue weighted by Crippen LogP contribution is -2.60. The van der Waals surface area contributed by atoms with Crippen LogP contribution in [0.15, 0.2) is 28.1 Å². The van der Waals surface area contributed by atoms with Gasteiger partial charge in [-0.25, -0.2) is 18.5 Å². The third-order valence-corrected chi connectivity index (χ3v) is 6.93. The molecule has 4 rings (SSSR count). The monoisotopic (exact) mass is 567 g/mol.